The molecule has 1 heterocycles. The quantitative estimate of drug-likeness (QED) is 0.512. The van der Waals surface area contributed by atoms with E-state index in [9.17, 15) is 4.79 Å². The Kier molecular flexibility index (Phi) is 3.95. The smallest absolute Gasteiger partial charge is 0.224 e. The number of rotatable bonds is 2. The molecule has 108 valence electrons. The minimum atomic E-state index is 0.0308. The molecule has 0 saturated heterocycles. The highest BCUT2D eigenvalue weighted by molar-refractivity contribution is 14.1. The molecule has 2 aromatic carbocycles. The van der Waals surface area contributed by atoms with Crippen LogP contribution in [0.4, 0.5) is 22.7 Å². The molecular weight excluding hydrogens is 401 g/mol. The fourth-order valence-electron chi connectivity index (χ4n) is 2.29. The average molecular weight is 414 g/mol. The zero-order chi connectivity index (χ0) is 15.0. The van der Waals surface area contributed by atoms with Crippen molar-refractivity contribution in [2.75, 3.05) is 16.4 Å². The van der Waals surface area contributed by atoms with Gasteiger partial charge in [0.15, 0.2) is 0 Å². The van der Waals surface area contributed by atoms with Gasteiger partial charge >= 0.3 is 0 Å². The molecule has 1 aliphatic rings. The average Bonchev–Trinajstić information content (AvgIpc) is 2.42. The molecule has 2 aromatic rings. The van der Waals surface area contributed by atoms with Crippen LogP contribution in [0.5, 0.6) is 0 Å². The summed E-state index contributed by atoms with van der Waals surface area (Å²) in [6.07, 6.45) is 1.22. The van der Waals surface area contributed by atoms with Gasteiger partial charge in [-0.3, -0.25) is 4.79 Å². The number of nitrogens with two attached hydrogens (primary N) is 1. The van der Waals surface area contributed by atoms with Crippen molar-refractivity contribution < 1.29 is 4.79 Å². The first kappa shape index (κ1) is 14.5. The number of benzene rings is 2. The topological polar surface area (TPSA) is 67.1 Å². The van der Waals surface area contributed by atoms with E-state index in [2.05, 4.69) is 33.2 Å². The number of hydrogen-bond donors (Lipinski definition) is 3. The van der Waals surface area contributed by atoms with Crippen LogP contribution >= 0.6 is 34.2 Å². The summed E-state index contributed by atoms with van der Waals surface area (Å²) in [6.45, 7) is 0. The Morgan fingerprint density at radius 2 is 2.00 bits per heavy atom. The molecule has 0 fully saturated rings. The van der Waals surface area contributed by atoms with E-state index in [1.165, 1.54) is 0 Å². The van der Waals surface area contributed by atoms with Gasteiger partial charge in [-0.25, -0.2) is 0 Å². The van der Waals surface area contributed by atoms with Crippen LogP contribution < -0.4 is 16.4 Å². The number of nitrogens with one attached hydrogen (secondary N) is 2. The fraction of sp³-hybridized carbons (Fsp3) is 0.133. The molecule has 4 nitrogen and oxygen atoms in total. The second-order valence-electron chi connectivity index (χ2n) is 4.89. The molecule has 0 spiro atoms. The van der Waals surface area contributed by atoms with Gasteiger partial charge in [0, 0.05) is 15.7 Å². The molecule has 0 radical (unpaired) electrons. The maximum absolute atomic E-state index is 11.4. The number of carbonyl (C=O) groups is 1. The number of hydrogen-bond acceptors (Lipinski definition) is 3. The lowest BCUT2D eigenvalue weighted by atomic mass is 10.0. The standard InChI is InChI=1S/C15H13ClIN3O/c16-10-6-9(17)2-3-12(10)19-14-5-8-1-4-15(21)20-13(8)7-11(14)18/h2-3,5-7,19H,1,4,18H2,(H,20,21). The van der Waals surface area contributed by atoms with Crippen LogP contribution in [0.1, 0.15) is 12.0 Å². The van der Waals surface area contributed by atoms with E-state index in [0.717, 1.165) is 32.6 Å². The van der Waals surface area contributed by atoms with E-state index in [1.807, 2.05) is 24.3 Å². The molecule has 6 heteroatoms. The van der Waals surface area contributed by atoms with E-state index in [4.69, 9.17) is 17.3 Å². The minimum Gasteiger partial charge on any atom is -0.397 e. The first-order valence-electron chi connectivity index (χ1n) is 6.47. The van der Waals surface area contributed by atoms with Crippen molar-refractivity contribution in [1.82, 2.24) is 0 Å². The molecule has 0 unspecified atom stereocenters. The van der Waals surface area contributed by atoms with Crippen LogP contribution in [0.3, 0.4) is 0 Å². The van der Waals surface area contributed by atoms with E-state index in [1.54, 1.807) is 6.07 Å². The molecule has 0 aliphatic carbocycles. The van der Waals surface area contributed by atoms with E-state index in [-0.39, 0.29) is 5.91 Å². The summed E-state index contributed by atoms with van der Waals surface area (Å²) >= 11 is 8.44. The van der Waals surface area contributed by atoms with Gasteiger partial charge in [-0.2, -0.15) is 0 Å². The van der Waals surface area contributed by atoms with Crippen molar-refractivity contribution in [2.45, 2.75) is 12.8 Å². The summed E-state index contributed by atoms with van der Waals surface area (Å²) in [4.78, 5) is 11.4. The molecule has 0 aromatic heterocycles. The number of fused-ring (bicyclic) bond motifs is 1. The summed E-state index contributed by atoms with van der Waals surface area (Å²) in [6, 6.07) is 9.54. The molecular formula is C15H13ClIN3O. The molecule has 0 atom stereocenters. The van der Waals surface area contributed by atoms with Crippen molar-refractivity contribution in [3.8, 4) is 0 Å². The Morgan fingerprint density at radius 3 is 2.76 bits per heavy atom. The number of amides is 1. The fourth-order valence-corrected chi connectivity index (χ4v) is 3.19. The summed E-state index contributed by atoms with van der Waals surface area (Å²) in [5, 5.41) is 6.74. The summed E-state index contributed by atoms with van der Waals surface area (Å²) in [7, 11) is 0. The van der Waals surface area contributed by atoms with Crippen molar-refractivity contribution in [1.29, 1.82) is 0 Å². The van der Waals surface area contributed by atoms with Crippen molar-refractivity contribution in [2.24, 2.45) is 0 Å². The Bertz CT molecular complexity index is 733. The molecule has 0 saturated carbocycles. The van der Waals surface area contributed by atoms with Gasteiger partial charge in [-0.1, -0.05) is 11.6 Å². The maximum atomic E-state index is 11.4. The number of nitrogen functional groups attached to an aromatic ring is 1. The molecule has 21 heavy (non-hydrogen) atoms. The largest absolute Gasteiger partial charge is 0.397 e. The lowest BCUT2D eigenvalue weighted by molar-refractivity contribution is -0.116. The van der Waals surface area contributed by atoms with Gasteiger partial charge in [0.05, 0.1) is 22.1 Å². The van der Waals surface area contributed by atoms with Crippen LogP contribution in [0.2, 0.25) is 5.02 Å². The van der Waals surface area contributed by atoms with Gasteiger partial charge in [-0.05, 0) is 64.9 Å². The first-order valence-corrected chi connectivity index (χ1v) is 7.93. The van der Waals surface area contributed by atoms with Gasteiger partial charge in [0.25, 0.3) is 0 Å². The lowest BCUT2D eigenvalue weighted by Crippen LogP contribution is -2.19. The molecule has 1 amide bonds. The minimum absolute atomic E-state index is 0.0308. The summed E-state index contributed by atoms with van der Waals surface area (Å²) in [5.41, 5.74) is 10.1. The van der Waals surface area contributed by atoms with Crippen LogP contribution in [0.25, 0.3) is 0 Å². The summed E-state index contributed by atoms with van der Waals surface area (Å²) < 4.78 is 1.07. The molecule has 4 N–H and O–H groups in total. The monoisotopic (exact) mass is 413 g/mol. The SMILES string of the molecule is Nc1cc2c(cc1Nc1ccc(I)cc1Cl)CCC(=O)N2. The third-order valence-electron chi connectivity index (χ3n) is 3.37. The third-order valence-corrected chi connectivity index (χ3v) is 4.36. The maximum Gasteiger partial charge on any atom is 0.224 e. The number of aryl methyl sites for hydroxylation is 1. The normalized spacial score (nSPS) is 13.5. The van der Waals surface area contributed by atoms with Gasteiger partial charge in [-0.15, -0.1) is 0 Å². The van der Waals surface area contributed by atoms with E-state index in [0.29, 0.717) is 17.1 Å². The predicted molar refractivity (Wildman–Crippen MR) is 95.3 cm³/mol. The third kappa shape index (κ3) is 3.08. The Hall–Kier alpha value is -1.47. The Labute approximate surface area is 141 Å². The lowest BCUT2D eigenvalue weighted by Gasteiger charge is -2.20. The number of halogens is 2. The molecule has 1 aliphatic heterocycles. The van der Waals surface area contributed by atoms with Gasteiger partial charge < -0.3 is 16.4 Å². The van der Waals surface area contributed by atoms with Gasteiger partial charge in [0.2, 0.25) is 5.91 Å². The number of carbonyl (C=O) groups excluding carboxylic acids is 1. The Balaban J connectivity index is 1.94. The van der Waals surface area contributed by atoms with Crippen LogP contribution in [-0.2, 0) is 11.2 Å². The predicted octanol–water partition coefficient (Wildman–Crippen LogP) is 4.16. The summed E-state index contributed by atoms with van der Waals surface area (Å²) in [5.74, 6) is 0.0308. The highest BCUT2D eigenvalue weighted by Gasteiger charge is 2.17. The van der Waals surface area contributed by atoms with Gasteiger partial charge in [0.1, 0.15) is 0 Å². The highest BCUT2D eigenvalue weighted by Crippen LogP contribution is 2.34. The van der Waals surface area contributed by atoms with E-state index >= 15 is 0 Å². The molecule has 3 rings (SSSR count). The van der Waals surface area contributed by atoms with Crippen molar-refractivity contribution in [3.63, 3.8) is 0 Å². The van der Waals surface area contributed by atoms with Crippen LogP contribution in [0.15, 0.2) is 30.3 Å². The first-order chi connectivity index (χ1) is 10.0. The zero-order valence-electron chi connectivity index (χ0n) is 11.0. The second-order valence-corrected chi connectivity index (χ2v) is 6.55. The van der Waals surface area contributed by atoms with Crippen LogP contribution in [-0.4, -0.2) is 5.91 Å². The van der Waals surface area contributed by atoms with Crippen molar-refractivity contribution >= 4 is 62.8 Å². The second kappa shape index (κ2) is 5.73. The highest BCUT2D eigenvalue weighted by atomic mass is 127. The van der Waals surface area contributed by atoms with E-state index < -0.39 is 0 Å². The Morgan fingerprint density at radius 1 is 1.19 bits per heavy atom. The number of anilines is 4. The van der Waals surface area contributed by atoms with Crippen LogP contribution in [0, 0.1) is 3.57 Å². The molecule has 0 bridgehead atoms. The van der Waals surface area contributed by atoms with Crippen molar-refractivity contribution in [3.05, 3.63) is 44.5 Å². The zero-order valence-corrected chi connectivity index (χ0v) is 14.0.